The molecule has 1 aromatic carbocycles. The van der Waals surface area contributed by atoms with Crippen LogP contribution < -0.4 is 5.73 Å². The number of fused-ring (bicyclic) bond motifs is 2. The van der Waals surface area contributed by atoms with Crippen LogP contribution in [0.4, 0.5) is 0 Å². The van der Waals surface area contributed by atoms with Crippen molar-refractivity contribution in [2.45, 2.75) is 96.6 Å². The fourth-order valence-electron chi connectivity index (χ4n) is 6.52. The fourth-order valence-corrected chi connectivity index (χ4v) is 6.52. The lowest BCUT2D eigenvalue weighted by molar-refractivity contribution is -0.140. The number of nitrogens with zero attached hydrogens (tertiary/aromatic N) is 2. The number of rotatable bonds is 7. The molecule has 4 rings (SSSR count). The zero-order valence-corrected chi connectivity index (χ0v) is 20.9. The summed E-state index contributed by atoms with van der Waals surface area (Å²) in [6.07, 6.45) is 11.3. The second-order valence-corrected chi connectivity index (χ2v) is 11.8. The van der Waals surface area contributed by atoms with Crippen LogP contribution in [0.5, 0.6) is 0 Å². The van der Waals surface area contributed by atoms with Crippen molar-refractivity contribution in [1.82, 2.24) is 9.80 Å². The van der Waals surface area contributed by atoms with Crippen molar-refractivity contribution in [2.75, 3.05) is 19.6 Å². The summed E-state index contributed by atoms with van der Waals surface area (Å²) in [5.41, 5.74) is 7.05. The first-order chi connectivity index (χ1) is 15.7. The Labute approximate surface area is 200 Å². The van der Waals surface area contributed by atoms with Gasteiger partial charge in [-0.25, -0.2) is 0 Å². The smallest absolute Gasteiger partial charge is 0.248 e. The van der Waals surface area contributed by atoms with Gasteiger partial charge in [-0.2, -0.15) is 0 Å². The Balaban J connectivity index is 1.39. The molecule has 182 valence electrons. The Hall–Kier alpha value is -1.88. The predicted octanol–water partition coefficient (Wildman–Crippen LogP) is 4.95. The summed E-state index contributed by atoms with van der Waals surface area (Å²) in [5, 5.41) is 0. The molecule has 3 aliphatic rings. The first-order valence-corrected chi connectivity index (χ1v) is 13.2. The Kier molecular flexibility index (Phi) is 7.47. The van der Waals surface area contributed by atoms with E-state index in [4.69, 9.17) is 5.73 Å². The van der Waals surface area contributed by atoms with E-state index in [1.54, 1.807) is 0 Å². The van der Waals surface area contributed by atoms with Gasteiger partial charge in [0, 0.05) is 42.7 Å². The molecule has 1 aromatic rings. The van der Waals surface area contributed by atoms with Gasteiger partial charge in [0.1, 0.15) is 0 Å². The Morgan fingerprint density at radius 3 is 2.30 bits per heavy atom. The van der Waals surface area contributed by atoms with Gasteiger partial charge in [-0.3, -0.25) is 14.5 Å². The van der Waals surface area contributed by atoms with E-state index in [1.807, 2.05) is 18.2 Å². The summed E-state index contributed by atoms with van der Waals surface area (Å²) in [6, 6.07) is 9.07. The molecule has 1 saturated carbocycles. The number of hydrogen-bond acceptors (Lipinski definition) is 3. The second-order valence-electron chi connectivity index (χ2n) is 11.8. The number of nitrogens with two attached hydrogens (primary N) is 1. The monoisotopic (exact) mass is 453 g/mol. The number of amides is 2. The minimum absolute atomic E-state index is 0.304. The molecular weight excluding hydrogens is 410 g/mol. The lowest BCUT2D eigenvalue weighted by atomic mass is 9.84. The minimum atomic E-state index is -0.348. The van der Waals surface area contributed by atoms with Crippen LogP contribution in [0.3, 0.4) is 0 Å². The van der Waals surface area contributed by atoms with Crippen LogP contribution in [-0.4, -0.2) is 53.3 Å². The summed E-state index contributed by atoms with van der Waals surface area (Å²) in [5.74, 6) is 1.12. The highest BCUT2D eigenvalue weighted by atomic mass is 16.2. The average molecular weight is 454 g/mol. The van der Waals surface area contributed by atoms with Gasteiger partial charge in [0.2, 0.25) is 11.8 Å². The number of hydrogen-bond donors (Lipinski definition) is 1. The van der Waals surface area contributed by atoms with Crippen molar-refractivity contribution < 1.29 is 9.59 Å². The topological polar surface area (TPSA) is 66.6 Å². The standard InChI is InChI=1S/C28H43N3O2/c1-28(2,3)27(33)30(19-20-8-5-4-6-9-20)14-15-31-24-12-13-25(31)18-23(17-24)21-10-7-11-22(16-21)26(29)32/h7,10-11,16,20,23-25H,4-6,8-9,12-15,17-19H2,1-3H3,(H2,29,32)/t23?,24-,25+. The average Bonchev–Trinajstić information content (AvgIpc) is 3.02. The largest absolute Gasteiger partial charge is 0.366 e. The van der Waals surface area contributed by atoms with Crippen molar-refractivity contribution in [1.29, 1.82) is 0 Å². The van der Waals surface area contributed by atoms with E-state index >= 15 is 0 Å². The molecule has 1 aliphatic carbocycles. The zero-order chi connectivity index (χ0) is 23.6. The number of carbonyl (C=O) groups is 2. The zero-order valence-electron chi connectivity index (χ0n) is 20.9. The van der Waals surface area contributed by atoms with E-state index in [0.717, 1.165) is 32.5 Å². The maximum absolute atomic E-state index is 13.3. The highest BCUT2D eigenvalue weighted by molar-refractivity contribution is 5.92. The van der Waals surface area contributed by atoms with Crippen LogP contribution in [0.1, 0.15) is 100 Å². The van der Waals surface area contributed by atoms with Crippen molar-refractivity contribution in [3.05, 3.63) is 35.4 Å². The predicted molar refractivity (Wildman–Crippen MR) is 133 cm³/mol. The molecule has 0 aromatic heterocycles. The van der Waals surface area contributed by atoms with Crippen molar-refractivity contribution in [3.63, 3.8) is 0 Å². The molecule has 2 amide bonds. The van der Waals surface area contributed by atoms with E-state index in [1.165, 1.54) is 50.5 Å². The van der Waals surface area contributed by atoms with E-state index in [-0.39, 0.29) is 11.3 Å². The highest BCUT2D eigenvalue weighted by Gasteiger charge is 2.41. The Morgan fingerprint density at radius 1 is 1.03 bits per heavy atom. The fraction of sp³-hybridized carbons (Fsp3) is 0.714. The third-order valence-electron chi connectivity index (χ3n) is 8.29. The maximum atomic E-state index is 13.3. The summed E-state index contributed by atoms with van der Waals surface area (Å²) in [7, 11) is 0. The lowest BCUT2D eigenvalue weighted by Gasteiger charge is -2.41. The third-order valence-corrected chi connectivity index (χ3v) is 8.29. The van der Waals surface area contributed by atoms with Crippen molar-refractivity contribution in [2.24, 2.45) is 17.1 Å². The number of piperidine rings is 1. The normalized spacial score (nSPS) is 26.3. The van der Waals surface area contributed by atoms with E-state index in [2.05, 4.69) is 36.6 Å². The number of carbonyl (C=O) groups excluding carboxylic acids is 2. The molecule has 2 saturated heterocycles. The molecule has 2 aliphatic heterocycles. The van der Waals surface area contributed by atoms with Gasteiger partial charge < -0.3 is 10.6 Å². The van der Waals surface area contributed by atoms with Crippen molar-refractivity contribution in [3.8, 4) is 0 Å². The first-order valence-electron chi connectivity index (χ1n) is 13.2. The van der Waals surface area contributed by atoms with Gasteiger partial charge in [0.05, 0.1) is 0 Å². The summed E-state index contributed by atoms with van der Waals surface area (Å²) in [6.45, 7) is 8.93. The molecule has 33 heavy (non-hydrogen) atoms. The Bertz CT molecular complexity index is 826. The minimum Gasteiger partial charge on any atom is -0.366 e. The quantitative estimate of drug-likeness (QED) is 0.635. The van der Waals surface area contributed by atoms with Crippen LogP contribution in [0, 0.1) is 11.3 Å². The second kappa shape index (κ2) is 10.2. The number of benzene rings is 1. The molecule has 1 unspecified atom stereocenters. The van der Waals surface area contributed by atoms with Crippen LogP contribution in [0.15, 0.2) is 24.3 Å². The Morgan fingerprint density at radius 2 is 1.70 bits per heavy atom. The molecule has 5 nitrogen and oxygen atoms in total. The molecular formula is C28H43N3O2. The highest BCUT2D eigenvalue weighted by Crippen LogP contribution is 2.43. The van der Waals surface area contributed by atoms with Gasteiger partial charge >= 0.3 is 0 Å². The van der Waals surface area contributed by atoms with Gasteiger partial charge in [0.25, 0.3) is 0 Å². The van der Waals surface area contributed by atoms with Gasteiger partial charge in [-0.1, -0.05) is 52.2 Å². The van der Waals surface area contributed by atoms with Crippen LogP contribution in [0.2, 0.25) is 0 Å². The molecule has 0 spiro atoms. The molecule has 2 heterocycles. The van der Waals surface area contributed by atoms with Gasteiger partial charge in [0.15, 0.2) is 0 Å². The number of primary amides is 1. The summed E-state index contributed by atoms with van der Waals surface area (Å²) >= 11 is 0. The van der Waals surface area contributed by atoms with E-state index in [0.29, 0.717) is 35.4 Å². The van der Waals surface area contributed by atoms with E-state index < -0.39 is 0 Å². The molecule has 3 atom stereocenters. The van der Waals surface area contributed by atoms with E-state index in [9.17, 15) is 9.59 Å². The van der Waals surface area contributed by atoms with Crippen LogP contribution in [-0.2, 0) is 4.79 Å². The summed E-state index contributed by atoms with van der Waals surface area (Å²) in [4.78, 5) is 29.8. The van der Waals surface area contributed by atoms with Crippen LogP contribution in [0.25, 0.3) is 0 Å². The first kappa shape index (κ1) is 24.3. The summed E-state index contributed by atoms with van der Waals surface area (Å²) < 4.78 is 0. The lowest BCUT2D eigenvalue weighted by Crippen LogP contribution is -2.49. The third kappa shape index (κ3) is 5.79. The molecule has 2 N–H and O–H groups in total. The van der Waals surface area contributed by atoms with Gasteiger partial charge in [-0.15, -0.1) is 0 Å². The molecule has 5 heteroatoms. The van der Waals surface area contributed by atoms with Crippen molar-refractivity contribution >= 4 is 11.8 Å². The maximum Gasteiger partial charge on any atom is 0.248 e. The molecule has 3 fully saturated rings. The van der Waals surface area contributed by atoms with Crippen LogP contribution >= 0.6 is 0 Å². The molecule has 0 radical (unpaired) electrons. The molecule has 2 bridgehead atoms. The van der Waals surface area contributed by atoms with Gasteiger partial charge in [-0.05, 0) is 68.1 Å². The SMILES string of the molecule is CC(C)(C)C(=O)N(CCN1[C@@H]2CC[C@H]1CC(c1cccc(C(N)=O)c1)C2)CC1CCCCC1.